The first-order chi connectivity index (χ1) is 10.5. The van der Waals surface area contributed by atoms with Crippen LogP contribution in [0, 0.1) is 11.3 Å². The Morgan fingerprint density at radius 2 is 2.00 bits per heavy atom. The molecule has 1 heterocycles. The Kier molecular flexibility index (Phi) is 5.66. The van der Waals surface area contributed by atoms with E-state index in [4.69, 9.17) is 19.8 Å². The second-order valence-electron chi connectivity index (χ2n) is 5.26. The highest BCUT2D eigenvalue weighted by Gasteiger charge is 2.45. The number of ether oxygens (including phenoxy) is 2. The molecule has 0 unspecified atom stereocenters. The van der Waals surface area contributed by atoms with E-state index in [9.17, 15) is 20.4 Å². The maximum Gasteiger partial charge on any atom is 0.187 e. The Bertz CT molecular complexity index is 484. The van der Waals surface area contributed by atoms with Gasteiger partial charge in [0.2, 0.25) is 0 Å². The molecule has 0 bridgehead atoms. The zero-order valence-corrected chi connectivity index (χ0v) is 11.7. The summed E-state index contributed by atoms with van der Waals surface area (Å²) in [5.41, 5.74) is 0.491. The third-order valence-electron chi connectivity index (χ3n) is 3.72. The van der Waals surface area contributed by atoms with E-state index in [1.165, 1.54) is 18.2 Å². The van der Waals surface area contributed by atoms with E-state index < -0.39 is 49.5 Å². The van der Waals surface area contributed by atoms with Crippen molar-refractivity contribution in [3.63, 3.8) is 0 Å². The molecule has 0 radical (unpaired) electrons. The van der Waals surface area contributed by atoms with Gasteiger partial charge in [-0.05, 0) is 5.57 Å². The third-order valence-corrected chi connectivity index (χ3v) is 3.72. The molecule has 8 heteroatoms. The molecule has 1 fully saturated rings. The first-order valence-corrected chi connectivity index (χ1v) is 6.89. The lowest BCUT2D eigenvalue weighted by molar-refractivity contribution is -0.309. The van der Waals surface area contributed by atoms with Gasteiger partial charge >= 0.3 is 0 Å². The molecule has 0 amide bonds. The van der Waals surface area contributed by atoms with E-state index in [1.807, 2.05) is 6.07 Å². The van der Waals surface area contributed by atoms with Crippen LogP contribution in [0.5, 0.6) is 0 Å². The van der Waals surface area contributed by atoms with Crippen LogP contribution in [0.1, 0.15) is 6.42 Å². The Morgan fingerprint density at radius 3 is 2.64 bits per heavy atom. The molecule has 0 aromatic rings. The molecule has 1 aliphatic carbocycles. The molecular weight excluding hydrogens is 294 g/mol. The minimum Gasteiger partial charge on any atom is -0.394 e. The number of allylic oxidation sites excluding steroid dienone is 1. The topological polar surface area (TPSA) is 143 Å². The first kappa shape index (κ1) is 17.1. The van der Waals surface area contributed by atoms with Crippen LogP contribution in [0.15, 0.2) is 23.8 Å². The summed E-state index contributed by atoms with van der Waals surface area (Å²) in [6.45, 7) is -0.557. The maximum atomic E-state index is 9.93. The van der Waals surface area contributed by atoms with Crippen LogP contribution in [0.25, 0.3) is 0 Å². The van der Waals surface area contributed by atoms with Crippen LogP contribution in [0.3, 0.4) is 0 Å². The first-order valence-electron chi connectivity index (χ1n) is 6.89. The van der Waals surface area contributed by atoms with E-state index in [-0.39, 0.29) is 6.42 Å². The van der Waals surface area contributed by atoms with Gasteiger partial charge in [-0.3, -0.25) is 0 Å². The largest absolute Gasteiger partial charge is 0.394 e. The highest BCUT2D eigenvalue weighted by molar-refractivity contribution is 5.32. The second-order valence-corrected chi connectivity index (χ2v) is 5.26. The lowest BCUT2D eigenvalue weighted by Crippen LogP contribution is -2.59. The normalized spacial score (nSPS) is 44.0. The lowest BCUT2D eigenvalue weighted by atomic mass is 9.95. The van der Waals surface area contributed by atoms with Gasteiger partial charge in [0.25, 0.3) is 0 Å². The van der Waals surface area contributed by atoms with Gasteiger partial charge in [0.05, 0.1) is 24.9 Å². The van der Waals surface area contributed by atoms with E-state index >= 15 is 0 Å². The van der Waals surface area contributed by atoms with Crippen molar-refractivity contribution in [1.82, 2.24) is 0 Å². The monoisotopic (exact) mass is 313 g/mol. The average molecular weight is 313 g/mol. The standard InChI is InChI=1S/C14H19NO7/c15-4-3-7-1-2-8(17)5-9(7)21-14-13(20)12(19)11(18)10(6-16)22-14/h1-3,8-14,16-20H,5-6H2/b7-3-/t8-,9-,10+,11-,12+,13-,14-/m1/s1. The molecule has 1 aliphatic heterocycles. The van der Waals surface area contributed by atoms with Crippen molar-refractivity contribution in [3.8, 4) is 6.07 Å². The Hall–Kier alpha value is -1.31. The smallest absolute Gasteiger partial charge is 0.187 e. The summed E-state index contributed by atoms with van der Waals surface area (Å²) >= 11 is 0. The van der Waals surface area contributed by atoms with E-state index in [1.54, 1.807) is 0 Å². The summed E-state index contributed by atoms with van der Waals surface area (Å²) < 4.78 is 10.8. The van der Waals surface area contributed by atoms with Crippen LogP contribution >= 0.6 is 0 Å². The predicted molar refractivity (Wildman–Crippen MR) is 72.1 cm³/mol. The molecule has 0 spiro atoms. The Balaban J connectivity index is 2.12. The average Bonchev–Trinajstić information content (AvgIpc) is 2.50. The molecular formula is C14H19NO7. The summed E-state index contributed by atoms with van der Waals surface area (Å²) in [5, 5.41) is 56.9. The molecule has 22 heavy (non-hydrogen) atoms. The van der Waals surface area contributed by atoms with Gasteiger partial charge in [0.15, 0.2) is 6.29 Å². The maximum absolute atomic E-state index is 9.93. The molecule has 0 aromatic carbocycles. The molecule has 7 atom stereocenters. The van der Waals surface area contributed by atoms with Crippen LogP contribution < -0.4 is 0 Å². The zero-order valence-electron chi connectivity index (χ0n) is 11.7. The van der Waals surface area contributed by atoms with E-state index in [0.717, 1.165) is 0 Å². The number of hydrogen-bond donors (Lipinski definition) is 5. The molecule has 2 rings (SSSR count). The molecule has 0 saturated carbocycles. The number of nitriles is 1. The molecule has 8 nitrogen and oxygen atoms in total. The van der Waals surface area contributed by atoms with Crippen molar-refractivity contribution >= 4 is 0 Å². The lowest BCUT2D eigenvalue weighted by Gasteiger charge is -2.41. The summed E-state index contributed by atoms with van der Waals surface area (Å²) in [5.74, 6) is 0. The van der Waals surface area contributed by atoms with Crippen LogP contribution in [-0.4, -0.2) is 75.1 Å². The minimum atomic E-state index is -1.54. The Labute approximate surface area is 127 Å². The van der Waals surface area contributed by atoms with Crippen LogP contribution in [0.4, 0.5) is 0 Å². The molecule has 122 valence electrons. The second kappa shape index (κ2) is 7.30. The number of hydrogen-bond acceptors (Lipinski definition) is 8. The van der Waals surface area contributed by atoms with Gasteiger partial charge in [-0.2, -0.15) is 5.26 Å². The van der Waals surface area contributed by atoms with E-state index in [2.05, 4.69) is 0 Å². The van der Waals surface area contributed by atoms with Crippen molar-refractivity contribution in [2.45, 2.75) is 49.3 Å². The number of rotatable bonds is 3. The van der Waals surface area contributed by atoms with Crippen LogP contribution in [0.2, 0.25) is 0 Å². The summed E-state index contributed by atoms with van der Waals surface area (Å²) in [6, 6.07) is 1.86. The van der Waals surface area contributed by atoms with Crippen molar-refractivity contribution < 1.29 is 35.0 Å². The number of aliphatic hydroxyl groups is 5. The van der Waals surface area contributed by atoms with Crippen LogP contribution in [-0.2, 0) is 9.47 Å². The summed E-state index contributed by atoms with van der Waals surface area (Å²) in [7, 11) is 0. The van der Waals surface area contributed by atoms with Crippen molar-refractivity contribution in [2.75, 3.05) is 6.61 Å². The fourth-order valence-corrected chi connectivity index (χ4v) is 2.45. The summed E-state index contributed by atoms with van der Waals surface area (Å²) in [6.07, 6.45) is -3.96. The predicted octanol–water partition coefficient (Wildman–Crippen LogP) is -2.06. The summed E-state index contributed by atoms with van der Waals surface area (Å²) in [4.78, 5) is 0. The van der Waals surface area contributed by atoms with Crippen molar-refractivity contribution in [2.24, 2.45) is 0 Å². The third kappa shape index (κ3) is 3.53. The highest BCUT2D eigenvalue weighted by atomic mass is 16.7. The van der Waals surface area contributed by atoms with Gasteiger partial charge in [-0.25, -0.2) is 0 Å². The number of aliphatic hydroxyl groups excluding tert-OH is 5. The molecule has 5 N–H and O–H groups in total. The van der Waals surface area contributed by atoms with Gasteiger partial charge in [-0.15, -0.1) is 0 Å². The zero-order chi connectivity index (χ0) is 16.3. The van der Waals surface area contributed by atoms with Gasteiger partial charge in [0, 0.05) is 12.5 Å². The highest BCUT2D eigenvalue weighted by Crippen LogP contribution is 2.28. The van der Waals surface area contributed by atoms with Gasteiger partial charge in [-0.1, -0.05) is 12.2 Å². The Morgan fingerprint density at radius 1 is 1.27 bits per heavy atom. The van der Waals surface area contributed by atoms with Gasteiger partial charge < -0.3 is 35.0 Å². The van der Waals surface area contributed by atoms with Crippen molar-refractivity contribution in [1.29, 1.82) is 5.26 Å². The van der Waals surface area contributed by atoms with Crippen molar-refractivity contribution in [3.05, 3.63) is 23.8 Å². The van der Waals surface area contributed by atoms with E-state index in [0.29, 0.717) is 5.57 Å². The number of nitrogens with zero attached hydrogens (tertiary/aromatic N) is 1. The minimum absolute atomic E-state index is 0.152. The molecule has 2 aliphatic rings. The SMILES string of the molecule is N#C/C=C1/C=C[C@@H](O)C[C@H]1O[C@@H]1O[C@@H](CO)[C@@H](O)[C@H](O)[C@H]1O. The van der Waals surface area contributed by atoms with Gasteiger partial charge in [0.1, 0.15) is 24.4 Å². The fourth-order valence-electron chi connectivity index (χ4n) is 2.45. The quantitative estimate of drug-likeness (QED) is 0.374. The molecule has 1 saturated heterocycles. The molecule has 0 aromatic heterocycles. The fraction of sp³-hybridized carbons (Fsp3) is 0.643.